The van der Waals surface area contributed by atoms with Gasteiger partial charge in [0, 0.05) is 24.7 Å². The van der Waals surface area contributed by atoms with E-state index in [0.717, 1.165) is 16.8 Å². The van der Waals surface area contributed by atoms with Crippen LogP contribution in [0.5, 0.6) is 0 Å². The number of rotatable bonds is 6. The molecule has 0 aliphatic carbocycles. The maximum atomic E-state index is 13.7. The number of hydrogen-bond acceptors (Lipinski definition) is 5. The van der Waals surface area contributed by atoms with Gasteiger partial charge in [-0.1, -0.05) is 19.9 Å². The molecule has 1 aromatic carbocycles. The molecule has 0 unspecified atom stereocenters. The lowest BCUT2D eigenvalue weighted by Gasteiger charge is -2.29. The van der Waals surface area contributed by atoms with E-state index in [4.69, 9.17) is 0 Å². The summed E-state index contributed by atoms with van der Waals surface area (Å²) in [6.07, 6.45) is 1.47. The first-order chi connectivity index (χ1) is 13.8. The van der Waals surface area contributed by atoms with Crippen molar-refractivity contribution < 1.29 is 18.4 Å². The third-order valence-corrected chi connectivity index (χ3v) is 5.24. The Labute approximate surface area is 170 Å². The molecule has 29 heavy (non-hydrogen) atoms. The standard InChI is InChI=1S/C19H20F2N4O3S/c1-11(2)8-24-17(27)10-29-15-7-23-25(19(28)18(15)24)9-16(26)22-6-12-3-4-13(20)5-14(12)21/h3-5,7,11H,6,8-10H2,1-2H3,(H,22,26). The van der Waals surface area contributed by atoms with E-state index in [9.17, 15) is 23.2 Å². The van der Waals surface area contributed by atoms with Crippen molar-refractivity contribution in [2.45, 2.75) is 31.8 Å². The van der Waals surface area contributed by atoms with Gasteiger partial charge in [0.15, 0.2) is 0 Å². The van der Waals surface area contributed by atoms with Gasteiger partial charge in [-0.2, -0.15) is 5.10 Å². The van der Waals surface area contributed by atoms with Crippen molar-refractivity contribution in [1.82, 2.24) is 15.1 Å². The van der Waals surface area contributed by atoms with Crippen LogP contribution in [-0.4, -0.2) is 33.9 Å². The number of nitrogens with zero attached hydrogens (tertiary/aromatic N) is 3. The van der Waals surface area contributed by atoms with Crippen LogP contribution < -0.4 is 15.8 Å². The van der Waals surface area contributed by atoms with Gasteiger partial charge in [0.1, 0.15) is 23.9 Å². The summed E-state index contributed by atoms with van der Waals surface area (Å²) in [6, 6.07) is 3.06. The van der Waals surface area contributed by atoms with Crippen molar-refractivity contribution in [3.8, 4) is 0 Å². The summed E-state index contributed by atoms with van der Waals surface area (Å²) in [4.78, 5) is 39.4. The number of fused-ring (bicyclic) bond motifs is 1. The number of carbonyl (C=O) groups excluding carboxylic acids is 2. The molecular weight excluding hydrogens is 402 g/mol. The predicted molar refractivity (Wildman–Crippen MR) is 105 cm³/mol. The van der Waals surface area contributed by atoms with Crippen LogP contribution in [0.15, 0.2) is 34.1 Å². The Hall–Kier alpha value is -2.75. The van der Waals surface area contributed by atoms with Crippen molar-refractivity contribution in [2.75, 3.05) is 17.2 Å². The van der Waals surface area contributed by atoms with Gasteiger partial charge in [-0.05, 0) is 12.0 Å². The van der Waals surface area contributed by atoms with Gasteiger partial charge in [-0.15, -0.1) is 11.8 Å². The highest BCUT2D eigenvalue weighted by Gasteiger charge is 2.29. The molecule has 0 bridgehead atoms. The molecule has 0 spiro atoms. The molecule has 2 heterocycles. The third-order valence-electron chi connectivity index (χ3n) is 4.24. The van der Waals surface area contributed by atoms with E-state index in [2.05, 4.69) is 10.4 Å². The van der Waals surface area contributed by atoms with Crippen LogP contribution in [0, 0.1) is 17.6 Å². The maximum Gasteiger partial charge on any atom is 0.292 e. The van der Waals surface area contributed by atoms with Gasteiger partial charge in [0.25, 0.3) is 5.56 Å². The first-order valence-electron chi connectivity index (χ1n) is 9.00. The fourth-order valence-corrected chi connectivity index (χ4v) is 3.77. The van der Waals surface area contributed by atoms with Crippen LogP contribution in [0.1, 0.15) is 19.4 Å². The highest BCUT2D eigenvalue weighted by atomic mass is 32.2. The minimum absolute atomic E-state index is 0.121. The van der Waals surface area contributed by atoms with E-state index in [0.29, 0.717) is 11.4 Å². The van der Waals surface area contributed by atoms with Crippen molar-refractivity contribution >= 4 is 29.3 Å². The first-order valence-corrected chi connectivity index (χ1v) is 9.98. The van der Waals surface area contributed by atoms with Crippen LogP contribution in [0.25, 0.3) is 0 Å². The van der Waals surface area contributed by atoms with Gasteiger partial charge in [0.05, 0.1) is 16.8 Å². The molecule has 2 amide bonds. The Bertz CT molecular complexity index is 1010. The summed E-state index contributed by atoms with van der Waals surface area (Å²) in [6.45, 7) is 3.73. The lowest BCUT2D eigenvalue weighted by molar-refractivity contribution is -0.122. The van der Waals surface area contributed by atoms with E-state index < -0.39 is 23.1 Å². The second-order valence-electron chi connectivity index (χ2n) is 7.02. The van der Waals surface area contributed by atoms with Crippen molar-refractivity contribution in [2.24, 2.45) is 5.92 Å². The van der Waals surface area contributed by atoms with Gasteiger partial charge in [0.2, 0.25) is 11.8 Å². The molecule has 3 rings (SSSR count). The lowest BCUT2D eigenvalue weighted by Crippen LogP contribution is -2.44. The molecule has 0 saturated carbocycles. The molecule has 0 fully saturated rings. The number of halogens is 2. The number of carbonyl (C=O) groups is 2. The van der Waals surface area contributed by atoms with Gasteiger partial charge >= 0.3 is 0 Å². The smallest absolute Gasteiger partial charge is 0.292 e. The van der Waals surface area contributed by atoms with Crippen LogP contribution in [-0.2, 0) is 22.7 Å². The summed E-state index contributed by atoms with van der Waals surface area (Å²) in [5, 5.41) is 6.50. The molecule has 0 saturated heterocycles. The summed E-state index contributed by atoms with van der Waals surface area (Å²) >= 11 is 1.24. The van der Waals surface area contributed by atoms with E-state index in [1.54, 1.807) is 0 Å². The molecule has 2 aromatic rings. The number of benzene rings is 1. The second kappa shape index (κ2) is 8.73. The average Bonchev–Trinajstić information content (AvgIpc) is 2.65. The molecular formula is C19H20F2N4O3S. The second-order valence-corrected chi connectivity index (χ2v) is 8.04. The number of amides is 2. The monoisotopic (exact) mass is 422 g/mol. The van der Waals surface area contributed by atoms with Gasteiger partial charge < -0.3 is 10.2 Å². The van der Waals surface area contributed by atoms with E-state index >= 15 is 0 Å². The molecule has 154 valence electrons. The zero-order chi connectivity index (χ0) is 21.1. The number of aromatic nitrogens is 2. The predicted octanol–water partition coefficient (Wildman–Crippen LogP) is 1.93. The Balaban J connectivity index is 1.76. The number of anilines is 1. The van der Waals surface area contributed by atoms with Crippen LogP contribution >= 0.6 is 11.8 Å². The fraction of sp³-hybridized carbons (Fsp3) is 0.368. The SMILES string of the molecule is CC(C)CN1C(=O)CSc2cnn(CC(=O)NCc3ccc(F)cc3F)c(=O)c21. The number of thioether (sulfide) groups is 1. The minimum atomic E-state index is -0.769. The molecule has 1 N–H and O–H groups in total. The quantitative estimate of drug-likeness (QED) is 0.769. The largest absolute Gasteiger partial charge is 0.350 e. The number of hydrogen-bond donors (Lipinski definition) is 1. The topological polar surface area (TPSA) is 84.3 Å². The van der Waals surface area contributed by atoms with Gasteiger partial charge in [-0.25, -0.2) is 13.5 Å². The summed E-state index contributed by atoms with van der Waals surface area (Å²) in [5.74, 6) is -1.82. The average molecular weight is 422 g/mol. The van der Waals surface area contributed by atoms with Crippen LogP contribution in [0.3, 0.4) is 0 Å². The van der Waals surface area contributed by atoms with E-state index in [1.165, 1.54) is 28.9 Å². The summed E-state index contributed by atoms with van der Waals surface area (Å²) in [7, 11) is 0. The molecule has 1 aliphatic rings. The lowest BCUT2D eigenvalue weighted by atomic mass is 10.2. The number of nitrogens with one attached hydrogen (secondary N) is 1. The molecule has 7 nitrogen and oxygen atoms in total. The molecule has 0 radical (unpaired) electrons. The summed E-state index contributed by atoms with van der Waals surface area (Å²) in [5.41, 5.74) is -0.185. The van der Waals surface area contributed by atoms with Crippen molar-refractivity contribution in [3.05, 3.63) is 51.9 Å². The highest BCUT2D eigenvalue weighted by Crippen LogP contribution is 2.32. The molecule has 0 atom stereocenters. The molecule has 1 aliphatic heterocycles. The van der Waals surface area contributed by atoms with Crippen molar-refractivity contribution in [3.63, 3.8) is 0 Å². The Morgan fingerprint density at radius 1 is 1.31 bits per heavy atom. The first kappa shape index (κ1) is 21.0. The van der Waals surface area contributed by atoms with Crippen molar-refractivity contribution in [1.29, 1.82) is 0 Å². The van der Waals surface area contributed by atoms with Crippen LogP contribution in [0.2, 0.25) is 0 Å². The van der Waals surface area contributed by atoms with Gasteiger partial charge in [-0.3, -0.25) is 14.4 Å². The Kier molecular flexibility index (Phi) is 6.31. The van der Waals surface area contributed by atoms with Crippen LogP contribution in [0.4, 0.5) is 14.5 Å². The maximum absolute atomic E-state index is 13.7. The molecule has 10 heteroatoms. The highest BCUT2D eigenvalue weighted by molar-refractivity contribution is 8.00. The third kappa shape index (κ3) is 4.81. The Morgan fingerprint density at radius 3 is 2.76 bits per heavy atom. The fourth-order valence-electron chi connectivity index (χ4n) is 2.88. The van der Waals surface area contributed by atoms with E-state index in [1.807, 2.05) is 13.8 Å². The normalized spacial score (nSPS) is 13.6. The zero-order valence-electron chi connectivity index (χ0n) is 15.9. The Morgan fingerprint density at radius 2 is 2.07 bits per heavy atom. The summed E-state index contributed by atoms with van der Waals surface area (Å²) < 4.78 is 27.6. The zero-order valence-corrected chi connectivity index (χ0v) is 16.8. The minimum Gasteiger partial charge on any atom is -0.350 e. The molecule has 1 aromatic heterocycles. The van der Waals surface area contributed by atoms with E-state index in [-0.39, 0.29) is 41.9 Å².